The Kier molecular flexibility index (Phi) is 9.17. The molecule has 0 aliphatic carbocycles. The topological polar surface area (TPSA) is 139 Å². The van der Waals surface area contributed by atoms with Crippen LogP contribution in [0.4, 0.5) is 21.9 Å². The van der Waals surface area contributed by atoms with E-state index in [9.17, 15) is 18.3 Å². The molecule has 5 rings (SSSR count). The van der Waals surface area contributed by atoms with E-state index >= 15 is 0 Å². The number of aliphatic hydroxyl groups is 1. The first-order valence-corrected chi connectivity index (χ1v) is 16.4. The number of fused-ring (bicyclic) bond motifs is 1. The van der Waals surface area contributed by atoms with Gasteiger partial charge < -0.3 is 25.2 Å². The summed E-state index contributed by atoms with van der Waals surface area (Å²) in [7, 11) is -2.22. The third kappa shape index (κ3) is 7.56. The van der Waals surface area contributed by atoms with Crippen LogP contribution in [-0.4, -0.2) is 37.9 Å². The fraction of sp³-hybridized carbons (Fsp3) is 0.200. The Bertz CT molecular complexity index is 1990. The van der Waals surface area contributed by atoms with Gasteiger partial charge in [0.1, 0.15) is 17.6 Å². The number of carbonyl (C=O) groups excluding carboxylic acids is 1. The number of nitrogens with zero attached hydrogens (tertiary/aromatic N) is 1. The molecule has 1 atom stereocenters. The van der Waals surface area contributed by atoms with Crippen LogP contribution in [-0.2, 0) is 15.4 Å². The number of hydrogen-bond donors (Lipinski definition) is 4. The van der Waals surface area contributed by atoms with Gasteiger partial charge in [0.15, 0.2) is 5.75 Å². The first-order chi connectivity index (χ1) is 21.8. The fourth-order valence-corrected chi connectivity index (χ4v) is 5.52. The van der Waals surface area contributed by atoms with Gasteiger partial charge in [0.2, 0.25) is 10.0 Å². The second-order valence-electron chi connectivity index (χ2n) is 11.8. The Hall–Kier alpha value is -5.13. The maximum atomic E-state index is 13.4. The molecule has 11 heteroatoms. The number of aliphatic hydroxyl groups excluding tert-OH is 1. The third-order valence-corrected chi connectivity index (χ3v) is 7.80. The number of pyridine rings is 1. The van der Waals surface area contributed by atoms with Crippen molar-refractivity contribution in [3.05, 3.63) is 114 Å². The molecule has 1 aromatic heterocycles. The van der Waals surface area contributed by atoms with Gasteiger partial charge in [-0.25, -0.2) is 13.2 Å². The van der Waals surface area contributed by atoms with Gasteiger partial charge in [-0.1, -0.05) is 75.4 Å². The van der Waals surface area contributed by atoms with E-state index in [1.807, 2.05) is 75.4 Å². The number of carbonyl (C=O) groups is 1. The Labute approximate surface area is 268 Å². The van der Waals surface area contributed by atoms with Crippen molar-refractivity contribution in [1.82, 2.24) is 4.98 Å². The first kappa shape index (κ1) is 32.3. The number of nitrogens with one attached hydrogen (secondary N) is 3. The predicted molar refractivity (Wildman–Crippen MR) is 182 cm³/mol. The second kappa shape index (κ2) is 13.1. The minimum atomic E-state index is -3.62. The van der Waals surface area contributed by atoms with Crippen LogP contribution in [0.15, 0.2) is 97.2 Å². The zero-order valence-corrected chi connectivity index (χ0v) is 27.0. The zero-order valence-electron chi connectivity index (χ0n) is 26.2. The summed E-state index contributed by atoms with van der Waals surface area (Å²) in [5.74, 6) is 1.22. The highest BCUT2D eigenvalue weighted by atomic mass is 32.2. The van der Waals surface area contributed by atoms with Crippen LogP contribution < -0.4 is 24.8 Å². The number of benzene rings is 4. The summed E-state index contributed by atoms with van der Waals surface area (Å²) in [6.07, 6.45) is 1.72. The highest BCUT2D eigenvalue weighted by Crippen LogP contribution is 2.40. The molecule has 10 nitrogen and oxygen atoms in total. The zero-order chi connectivity index (χ0) is 33.1. The van der Waals surface area contributed by atoms with Crippen molar-refractivity contribution >= 4 is 43.9 Å². The molecule has 46 heavy (non-hydrogen) atoms. The Morgan fingerprint density at radius 2 is 1.50 bits per heavy atom. The highest BCUT2D eigenvalue weighted by Gasteiger charge is 2.22. The summed E-state index contributed by atoms with van der Waals surface area (Å²) in [6, 6.07) is 26.5. The van der Waals surface area contributed by atoms with E-state index in [-0.39, 0.29) is 16.9 Å². The molecule has 0 radical (unpaired) electrons. The van der Waals surface area contributed by atoms with Crippen molar-refractivity contribution in [3.8, 4) is 17.2 Å². The van der Waals surface area contributed by atoms with E-state index in [4.69, 9.17) is 9.47 Å². The largest absolute Gasteiger partial charge is 0.492 e. The molecule has 0 aliphatic heterocycles. The molecule has 0 saturated carbocycles. The van der Waals surface area contributed by atoms with Crippen LogP contribution in [0.3, 0.4) is 0 Å². The fourth-order valence-electron chi connectivity index (χ4n) is 4.97. The number of methoxy groups -OCH3 is 1. The van der Waals surface area contributed by atoms with Crippen LogP contribution in [0.5, 0.6) is 17.2 Å². The molecule has 5 aromatic rings. The predicted octanol–water partition coefficient (Wildman–Crippen LogP) is 7.43. The van der Waals surface area contributed by atoms with Gasteiger partial charge in [-0.3, -0.25) is 9.71 Å². The number of amides is 2. The number of urea groups is 1. The molecule has 4 N–H and O–H groups in total. The molecular weight excluding hydrogens is 604 g/mol. The lowest BCUT2D eigenvalue weighted by atomic mass is 9.86. The molecule has 0 saturated heterocycles. The minimum absolute atomic E-state index is 0.177. The van der Waals surface area contributed by atoms with E-state index in [0.29, 0.717) is 28.6 Å². The third-order valence-electron chi connectivity index (χ3n) is 7.21. The Morgan fingerprint density at radius 3 is 2.17 bits per heavy atom. The lowest BCUT2D eigenvalue weighted by Crippen LogP contribution is -2.22. The summed E-state index contributed by atoms with van der Waals surface area (Å²) in [5.41, 5.74) is 2.65. The van der Waals surface area contributed by atoms with Crippen LogP contribution in [0.1, 0.15) is 43.7 Å². The van der Waals surface area contributed by atoms with Gasteiger partial charge in [-0.2, -0.15) is 0 Å². The Balaban J connectivity index is 1.41. The lowest BCUT2D eigenvalue weighted by molar-refractivity contribution is 0.215. The van der Waals surface area contributed by atoms with Gasteiger partial charge in [-0.05, 0) is 46.9 Å². The number of ether oxygens (including phenoxy) is 2. The number of sulfonamides is 1. The normalized spacial score (nSPS) is 12.3. The molecule has 1 heterocycles. The van der Waals surface area contributed by atoms with Crippen molar-refractivity contribution in [3.63, 3.8) is 0 Å². The summed E-state index contributed by atoms with van der Waals surface area (Å²) in [4.78, 5) is 17.7. The second-order valence-corrected chi connectivity index (χ2v) is 13.5. The summed E-state index contributed by atoms with van der Waals surface area (Å²) >= 11 is 0. The van der Waals surface area contributed by atoms with Gasteiger partial charge >= 0.3 is 6.03 Å². The van der Waals surface area contributed by atoms with Gasteiger partial charge in [-0.15, -0.1) is 0 Å². The SMILES string of the molecule is COc1c(NC(=O)Nc2ccc(Oc3ccnc(C(O)c4ccccc4)c3)c3ccccc23)cc(C(C)(C)C)cc1NS(C)(=O)=O. The van der Waals surface area contributed by atoms with Crippen LogP contribution in [0.2, 0.25) is 0 Å². The maximum absolute atomic E-state index is 13.4. The summed E-state index contributed by atoms with van der Waals surface area (Å²) < 4.78 is 38.4. The number of hydrogen-bond acceptors (Lipinski definition) is 7. The minimum Gasteiger partial charge on any atom is -0.492 e. The van der Waals surface area contributed by atoms with Gasteiger partial charge in [0, 0.05) is 23.0 Å². The van der Waals surface area contributed by atoms with Gasteiger partial charge in [0.05, 0.1) is 36.1 Å². The quantitative estimate of drug-likeness (QED) is 0.131. The molecule has 0 spiro atoms. The molecule has 0 bridgehead atoms. The maximum Gasteiger partial charge on any atom is 0.323 e. The molecule has 4 aromatic carbocycles. The molecule has 0 fully saturated rings. The average Bonchev–Trinajstić information content (AvgIpc) is 3.01. The van der Waals surface area contributed by atoms with Crippen molar-refractivity contribution in [2.75, 3.05) is 28.7 Å². The van der Waals surface area contributed by atoms with Crippen LogP contribution in [0, 0.1) is 0 Å². The average molecular weight is 641 g/mol. The molecule has 238 valence electrons. The van der Waals surface area contributed by atoms with E-state index in [0.717, 1.165) is 28.2 Å². The first-order valence-electron chi connectivity index (χ1n) is 14.5. The highest BCUT2D eigenvalue weighted by molar-refractivity contribution is 7.92. The number of anilines is 3. The van der Waals surface area contributed by atoms with E-state index in [1.165, 1.54) is 7.11 Å². The molecule has 2 amide bonds. The number of rotatable bonds is 9. The monoisotopic (exact) mass is 640 g/mol. The van der Waals surface area contributed by atoms with Crippen molar-refractivity contribution < 1.29 is 27.8 Å². The molecule has 0 aliphatic rings. The van der Waals surface area contributed by atoms with Crippen molar-refractivity contribution in [2.45, 2.75) is 32.3 Å². The van der Waals surface area contributed by atoms with Crippen LogP contribution >= 0.6 is 0 Å². The van der Waals surface area contributed by atoms with Crippen molar-refractivity contribution in [2.24, 2.45) is 0 Å². The molecule has 1 unspecified atom stereocenters. The van der Waals surface area contributed by atoms with E-state index in [2.05, 4.69) is 20.3 Å². The van der Waals surface area contributed by atoms with Crippen molar-refractivity contribution in [1.29, 1.82) is 0 Å². The van der Waals surface area contributed by atoms with E-state index in [1.54, 1.807) is 42.6 Å². The van der Waals surface area contributed by atoms with Crippen LogP contribution in [0.25, 0.3) is 10.8 Å². The summed E-state index contributed by atoms with van der Waals surface area (Å²) in [6.45, 7) is 5.95. The molecular formula is C35H36N4O6S. The van der Waals surface area contributed by atoms with E-state index < -0.39 is 22.2 Å². The Morgan fingerprint density at radius 1 is 0.848 bits per heavy atom. The smallest absolute Gasteiger partial charge is 0.323 e. The standard InChI is InChI=1S/C35H36N4O6S/c1-35(2,3)23-19-29(33(44-4)30(20-23)39-46(5,42)43)38-34(41)37-27-15-16-31(26-14-10-9-13-25(26)27)45-24-17-18-36-28(21-24)32(40)22-11-7-6-8-12-22/h6-21,32,39-40H,1-5H3,(H2,37,38,41). The summed E-state index contributed by atoms with van der Waals surface area (Å²) in [5, 5.41) is 18.0. The van der Waals surface area contributed by atoms with Gasteiger partial charge in [0.25, 0.3) is 0 Å². The lowest BCUT2D eigenvalue weighted by Gasteiger charge is -2.24. The number of aromatic nitrogens is 1.